The van der Waals surface area contributed by atoms with Gasteiger partial charge in [-0.05, 0) is 57.6 Å². The Labute approximate surface area is 324 Å². The summed E-state index contributed by atoms with van der Waals surface area (Å²) in [7, 11) is 6.51. The molecule has 0 bridgehead atoms. The molecule has 0 saturated carbocycles. The molecule has 306 valence electrons. The van der Waals surface area contributed by atoms with Crippen molar-refractivity contribution in [2.24, 2.45) is 17.8 Å². The molecule has 5 amide bonds. The number of carbonyl (C=O) groups is 5. The summed E-state index contributed by atoms with van der Waals surface area (Å²) in [6.07, 6.45) is 1.98. The van der Waals surface area contributed by atoms with Gasteiger partial charge in [0.1, 0.15) is 12.1 Å². The summed E-state index contributed by atoms with van der Waals surface area (Å²) in [6.45, 7) is 16.1. The van der Waals surface area contributed by atoms with Gasteiger partial charge in [-0.15, -0.1) is 0 Å². The van der Waals surface area contributed by atoms with Crippen LogP contribution in [0.5, 0.6) is 0 Å². The van der Waals surface area contributed by atoms with E-state index in [1.165, 1.54) is 0 Å². The third-order valence-electron chi connectivity index (χ3n) is 11.1. The van der Waals surface area contributed by atoms with Crippen LogP contribution in [-0.4, -0.2) is 123 Å². The lowest BCUT2D eigenvalue weighted by molar-refractivity contribution is -0.148. The predicted molar refractivity (Wildman–Crippen MR) is 211 cm³/mol. The van der Waals surface area contributed by atoms with Crippen LogP contribution in [0.25, 0.3) is 0 Å². The van der Waals surface area contributed by atoms with Crippen LogP contribution in [0.15, 0.2) is 30.3 Å². The van der Waals surface area contributed by atoms with E-state index in [1.54, 1.807) is 58.9 Å². The molecule has 1 aliphatic heterocycles. The first-order valence-corrected chi connectivity index (χ1v) is 19.7. The van der Waals surface area contributed by atoms with E-state index >= 15 is 0 Å². The summed E-state index contributed by atoms with van der Waals surface area (Å²) in [6, 6.07) is 7.17. The van der Waals surface area contributed by atoms with Gasteiger partial charge in [0, 0.05) is 40.8 Å². The van der Waals surface area contributed by atoms with E-state index in [0.717, 1.165) is 24.8 Å². The molecule has 1 unspecified atom stereocenters. The van der Waals surface area contributed by atoms with Crippen molar-refractivity contribution in [1.82, 2.24) is 31.1 Å². The zero-order chi connectivity index (χ0) is 40.7. The van der Waals surface area contributed by atoms with Crippen molar-refractivity contribution in [3.63, 3.8) is 0 Å². The number of hydrogen-bond donors (Lipinski definition) is 4. The van der Waals surface area contributed by atoms with Gasteiger partial charge in [0.2, 0.25) is 29.5 Å². The lowest BCUT2D eigenvalue weighted by Crippen LogP contribution is -2.61. The molecule has 2 rings (SSSR count). The fourth-order valence-electron chi connectivity index (χ4n) is 7.21. The van der Waals surface area contributed by atoms with Crippen molar-refractivity contribution >= 4 is 29.5 Å². The standard InChI is InChI=1S/C41H70N6O7/c1-13-22-43-38(50)30(24-29-19-16-15-17-20-29)44-37(49)28(6)36(54-12)31-21-18-23-47(31)33(48)25-32(53-11)35(27(5)14-2)46(10)39(51)34(26(3)4)45-40(52)41(7,8)42-9/h15-17,19-20,26-28,30-32,34-36,42H,13-14,18,21-25H2,1-12H3,(H,43,50)(H,44,49)(H,45,52)/t27-,28+,30-,31?,32+,34-,35-,36+/m0/s1. The Kier molecular flexibility index (Phi) is 19.1. The first kappa shape index (κ1) is 46.6. The van der Waals surface area contributed by atoms with Gasteiger partial charge in [0.25, 0.3) is 0 Å². The Morgan fingerprint density at radius 2 is 1.61 bits per heavy atom. The number of nitrogens with zero attached hydrogens (tertiary/aromatic N) is 2. The third-order valence-corrected chi connectivity index (χ3v) is 11.1. The lowest BCUT2D eigenvalue weighted by Gasteiger charge is -2.41. The molecule has 0 radical (unpaired) electrons. The summed E-state index contributed by atoms with van der Waals surface area (Å²) in [5.74, 6) is -2.16. The first-order valence-electron chi connectivity index (χ1n) is 19.7. The highest BCUT2D eigenvalue weighted by Gasteiger charge is 2.43. The highest BCUT2D eigenvalue weighted by molar-refractivity contribution is 5.92. The molecular formula is C41H70N6O7. The number of hydrogen-bond acceptors (Lipinski definition) is 8. The van der Waals surface area contributed by atoms with Crippen LogP contribution in [0.2, 0.25) is 0 Å². The molecule has 54 heavy (non-hydrogen) atoms. The number of carbonyl (C=O) groups excluding carboxylic acids is 5. The van der Waals surface area contributed by atoms with E-state index in [1.807, 2.05) is 65.0 Å². The molecule has 1 saturated heterocycles. The van der Waals surface area contributed by atoms with Gasteiger partial charge in [-0.1, -0.05) is 78.3 Å². The summed E-state index contributed by atoms with van der Waals surface area (Å²) in [4.78, 5) is 71.8. The average molecular weight is 759 g/mol. The number of rotatable bonds is 22. The van der Waals surface area contributed by atoms with Crippen LogP contribution in [-0.2, 0) is 39.9 Å². The fourth-order valence-corrected chi connectivity index (χ4v) is 7.21. The molecule has 8 atom stereocenters. The minimum absolute atomic E-state index is 0.0128. The van der Waals surface area contributed by atoms with Crippen molar-refractivity contribution in [1.29, 1.82) is 0 Å². The number of benzene rings is 1. The lowest BCUT2D eigenvalue weighted by atomic mass is 9.89. The Morgan fingerprint density at radius 1 is 0.963 bits per heavy atom. The van der Waals surface area contributed by atoms with Gasteiger partial charge < -0.3 is 40.5 Å². The zero-order valence-electron chi connectivity index (χ0n) is 35.0. The maximum Gasteiger partial charge on any atom is 0.245 e. The second kappa shape index (κ2) is 22.1. The van der Waals surface area contributed by atoms with E-state index in [-0.39, 0.29) is 53.8 Å². The second-order valence-electron chi connectivity index (χ2n) is 15.7. The van der Waals surface area contributed by atoms with Crippen molar-refractivity contribution in [2.45, 2.75) is 136 Å². The van der Waals surface area contributed by atoms with Gasteiger partial charge in [-0.2, -0.15) is 0 Å². The van der Waals surface area contributed by atoms with Crippen molar-refractivity contribution in [3.8, 4) is 0 Å². The van der Waals surface area contributed by atoms with Gasteiger partial charge in [0.05, 0.1) is 42.2 Å². The molecule has 1 aliphatic rings. The van der Waals surface area contributed by atoms with Crippen molar-refractivity contribution in [2.75, 3.05) is 41.4 Å². The second-order valence-corrected chi connectivity index (χ2v) is 15.7. The minimum Gasteiger partial charge on any atom is -0.379 e. The van der Waals surface area contributed by atoms with Gasteiger partial charge >= 0.3 is 0 Å². The molecule has 0 aliphatic carbocycles. The van der Waals surface area contributed by atoms with E-state index in [4.69, 9.17) is 9.47 Å². The molecule has 0 spiro atoms. The maximum atomic E-state index is 14.2. The van der Waals surface area contributed by atoms with Gasteiger partial charge in [0.15, 0.2) is 0 Å². The normalized spacial score (nSPS) is 18.5. The maximum absolute atomic E-state index is 14.2. The largest absolute Gasteiger partial charge is 0.379 e. The molecular weight excluding hydrogens is 688 g/mol. The van der Waals surface area contributed by atoms with Crippen molar-refractivity contribution in [3.05, 3.63) is 35.9 Å². The summed E-state index contributed by atoms with van der Waals surface area (Å²) >= 11 is 0. The van der Waals surface area contributed by atoms with Crippen LogP contribution in [0.1, 0.15) is 93.1 Å². The Morgan fingerprint density at radius 3 is 2.15 bits per heavy atom. The van der Waals surface area contributed by atoms with Crippen LogP contribution in [0.4, 0.5) is 0 Å². The number of amides is 5. The fraction of sp³-hybridized carbons (Fsp3) is 0.732. The molecule has 1 aromatic rings. The minimum atomic E-state index is -0.874. The number of nitrogens with one attached hydrogen (secondary N) is 4. The van der Waals surface area contributed by atoms with E-state index < -0.39 is 41.8 Å². The van der Waals surface area contributed by atoms with Gasteiger partial charge in [-0.25, -0.2) is 0 Å². The molecule has 4 N–H and O–H groups in total. The Balaban J connectivity index is 2.29. The molecule has 1 heterocycles. The van der Waals surface area contributed by atoms with E-state index in [0.29, 0.717) is 25.9 Å². The monoisotopic (exact) mass is 759 g/mol. The quantitative estimate of drug-likeness (QED) is 0.140. The molecule has 1 aromatic carbocycles. The average Bonchev–Trinajstić information content (AvgIpc) is 3.64. The Hall–Kier alpha value is -3.55. The predicted octanol–water partition coefficient (Wildman–Crippen LogP) is 3.30. The topological polar surface area (TPSA) is 158 Å². The SMILES string of the molecule is CCCNC(=O)[C@H](Cc1ccccc1)NC(=O)[C@H](C)[C@@H](OC)C1CCCN1C(=O)C[C@@H](OC)[C@H]([C@@H](C)CC)N(C)C(=O)[C@@H](NC(=O)C(C)(C)NC)C(C)C. The van der Waals surface area contributed by atoms with Crippen LogP contribution in [0, 0.1) is 17.8 Å². The summed E-state index contributed by atoms with van der Waals surface area (Å²) in [5.41, 5.74) is 0.0530. The summed E-state index contributed by atoms with van der Waals surface area (Å²) < 4.78 is 12.0. The third kappa shape index (κ3) is 12.5. The zero-order valence-corrected chi connectivity index (χ0v) is 35.0. The molecule has 13 heteroatoms. The Bertz CT molecular complexity index is 1360. The smallest absolute Gasteiger partial charge is 0.245 e. The molecule has 0 aromatic heterocycles. The number of likely N-dealkylation sites (tertiary alicyclic amines) is 1. The number of ether oxygens (including phenoxy) is 2. The number of methoxy groups -OCH3 is 2. The first-order chi connectivity index (χ1) is 25.5. The van der Waals surface area contributed by atoms with Crippen LogP contribution >= 0.6 is 0 Å². The highest BCUT2D eigenvalue weighted by Crippen LogP contribution is 2.30. The number of likely N-dealkylation sites (N-methyl/N-ethyl adjacent to an activating group) is 2. The highest BCUT2D eigenvalue weighted by atomic mass is 16.5. The van der Waals surface area contributed by atoms with Gasteiger partial charge in [-0.3, -0.25) is 24.0 Å². The van der Waals surface area contributed by atoms with Crippen LogP contribution < -0.4 is 21.3 Å². The van der Waals surface area contributed by atoms with E-state index in [2.05, 4.69) is 21.3 Å². The summed E-state index contributed by atoms with van der Waals surface area (Å²) in [5, 5.41) is 11.8. The van der Waals surface area contributed by atoms with Crippen LogP contribution in [0.3, 0.4) is 0 Å². The molecule has 1 fully saturated rings. The van der Waals surface area contributed by atoms with E-state index in [9.17, 15) is 24.0 Å². The molecule has 13 nitrogen and oxygen atoms in total. The van der Waals surface area contributed by atoms with Crippen molar-refractivity contribution < 1.29 is 33.4 Å².